The number of thiocarbonyl (C=S) groups is 1. The zero-order chi connectivity index (χ0) is 17.7. The average Bonchev–Trinajstić information content (AvgIpc) is 2.51. The number of hydrogen-bond donors (Lipinski definition) is 1. The van der Waals surface area contributed by atoms with E-state index in [1.54, 1.807) is 0 Å². The van der Waals surface area contributed by atoms with Gasteiger partial charge >= 0.3 is 0 Å². The highest BCUT2D eigenvalue weighted by Gasteiger charge is 2.11. The smallest absolute Gasteiger partial charge is 0.261 e. The normalized spacial score (nSPS) is 10.4. The van der Waals surface area contributed by atoms with Crippen LogP contribution in [0.15, 0.2) is 34.8 Å². The summed E-state index contributed by atoms with van der Waals surface area (Å²) in [7, 11) is 0. The molecule has 0 saturated heterocycles. The van der Waals surface area contributed by atoms with Gasteiger partial charge in [-0.2, -0.15) is 0 Å². The van der Waals surface area contributed by atoms with Gasteiger partial charge in [0.1, 0.15) is 12.4 Å². The molecule has 2 aromatic rings. The van der Waals surface area contributed by atoms with Gasteiger partial charge in [-0.25, -0.2) is 0 Å². The number of anilines is 1. The van der Waals surface area contributed by atoms with Crippen LogP contribution in [0.25, 0.3) is 0 Å². The Morgan fingerprint density at radius 3 is 2.54 bits per heavy atom. The molecule has 128 valence electrons. The molecule has 2 aromatic carbocycles. The number of halogens is 1. The maximum Gasteiger partial charge on any atom is 0.261 e. The fourth-order valence-corrected chi connectivity index (χ4v) is 3.05. The van der Waals surface area contributed by atoms with Crippen LogP contribution in [0.3, 0.4) is 0 Å². The van der Waals surface area contributed by atoms with Crippen molar-refractivity contribution in [1.29, 1.82) is 0 Å². The van der Waals surface area contributed by atoms with Crippen molar-refractivity contribution in [3.05, 3.63) is 57.1 Å². The van der Waals surface area contributed by atoms with E-state index in [9.17, 15) is 0 Å². The van der Waals surface area contributed by atoms with Crippen molar-refractivity contribution in [2.75, 3.05) is 11.9 Å². The summed E-state index contributed by atoms with van der Waals surface area (Å²) < 4.78 is 12.3. The molecule has 0 aromatic heterocycles. The number of aryl methyl sites for hydroxylation is 3. The van der Waals surface area contributed by atoms with Gasteiger partial charge in [-0.05, 0) is 74.8 Å². The van der Waals surface area contributed by atoms with Crippen molar-refractivity contribution in [3.8, 4) is 5.75 Å². The zero-order valence-electron chi connectivity index (χ0n) is 14.4. The Balaban J connectivity index is 2.20. The summed E-state index contributed by atoms with van der Waals surface area (Å²) in [5, 5.41) is 3.48. The van der Waals surface area contributed by atoms with E-state index in [-0.39, 0.29) is 0 Å². The Morgan fingerprint density at radius 1 is 1.12 bits per heavy atom. The van der Waals surface area contributed by atoms with E-state index in [1.165, 1.54) is 11.1 Å². The molecule has 0 spiro atoms. The van der Waals surface area contributed by atoms with Crippen molar-refractivity contribution in [2.45, 2.75) is 34.3 Å². The van der Waals surface area contributed by atoms with Crippen molar-refractivity contribution >= 4 is 39.0 Å². The Labute approximate surface area is 157 Å². The van der Waals surface area contributed by atoms with Crippen LogP contribution in [0.2, 0.25) is 0 Å². The first-order chi connectivity index (χ1) is 11.4. The molecule has 0 aliphatic heterocycles. The molecule has 0 heterocycles. The average molecular weight is 408 g/mol. The van der Waals surface area contributed by atoms with Gasteiger partial charge in [-0.15, -0.1) is 0 Å². The standard InChI is InChI=1S/C19H22BrNO2S/c1-5-22-19(24)21-17-8-6-7-16(20)15(17)11-23-18-10-13(3)12(2)9-14(18)4/h6-10H,5,11H2,1-4H3,(H,21,24). The molecule has 5 heteroatoms. The van der Waals surface area contributed by atoms with Gasteiger partial charge in [0.15, 0.2) is 0 Å². The predicted octanol–water partition coefficient (Wildman–Crippen LogP) is 5.69. The van der Waals surface area contributed by atoms with E-state index in [1.807, 2.05) is 25.1 Å². The fraction of sp³-hybridized carbons (Fsp3) is 0.316. The second-order valence-electron chi connectivity index (χ2n) is 5.60. The third kappa shape index (κ3) is 4.71. The van der Waals surface area contributed by atoms with Crippen molar-refractivity contribution in [2.24, 2.45) is 0 Å². The molecule has 1 N–H and O–H groups in total. The Morgan fingerprint density at radius 2 is 1.83 bits per heavy atom. The molecule has 0 aliphatic carbocycles. The molecule has 0 unspecified atom stereocenters. The first kappa shape index (κ1) is 18.7. The molecule has 0 amide bonds. The minimum atomic E-state index is 0.360. The van der Waals surface area contributed by atoms with E-state index in [2.05, 4.69) is 54.2 Å². The van der Waals surface area contributed by atoms with Crippen LogP contribution in [0.4, 0.5) is 5.69 Å². The lowest BCUT2D eigenvalue weighted by molar-refractivity contribution is 0.303. The Hall–Kier alpha value is -1.59. The molecular weight excluding hydrogens is 386 g/mol. The van der Waals surface area contributed by atoms with E-state index in [4.69, 9.17) is 21.7 Å². The summed E-state index contributed by atoms with van der Waals surface area (Å²) in [4.78, 5) is 0. The van der Waals surface area contributed by atoms with E-state index >= 15 is 0 Å². The topological polar surface area (TPSA) is 30.5 Å². The number of hydrogen-bond acceptors (Lipinski definition) is 3. The van der Waals surface area contributed by atoms with Crippen LogP contribution in [-0.2, 0) is 11.3 Å². The van der Waals surface area contributed by atoms with Crippen LogP contribution in [0.1, 0.15) is 29.2 Å². The lowest BCUT2D eigenvalue weighted by Gasteiger charge is -2.16. The predicted molar refractivity (Wildman–Crippen MR) is 107 cm³/mol. The third-order valence-corrected chi connectivity index (χ3v) is 4.76. The number of benzene rings is 2. The third-order valence-electron chi connectivity index (χ3n) is 3.79. The zero-order valence-corrected chi connectivity index (χ0v) is 16.8. The summed E-state index contributed by atoms with van der Waals surface area (Å²) in [6.07, 6.45) is 0. The maximum atomic E-state index is 6.07. The highest BCUT2D eigenvalue weighted by molar-refractivity contribution is 9.10. The summed E-state index contributed by atoms with van der Waals surface area (Å²) in [5.41, 5.74) is 5.50. The minimum absolute atomic E-state index is 0.360. The van der Waals surface area contributed by atoms with Crippen molar-refractivity contribution in [3.63, 3.8) is 0 Å². The largest absolute Gasteiger partial charge is 0.489 e. The second kappa shape index (κ2) is 8.49. The molecule has 0 saturated carbocycles. The molecule has 0 aliphatic rings. The number of ether oxygens (including phenoxy) is 2. The van der Waals surface area contributed by atoms with Crippen LogP contribution in [0.5, 0.6) is 5.75 Å². The molecular formula is C19H22BrNO2S. The van der Waals surface area contributed by atoms with Crippen molar-refractivity contribution < 1.29 is 9.47 Å². The SMILES string of the molecule is CCOC(=S)Nc1cccc(Br)c1COc1cc(C)c(C)cc1C. The Kier molecular flexibility index (Phi) is 6.63. The summed E-state index contributed by atoms with van der Waals surface area (Å²) in [6, 6.07) is 10.1. The summed E-state index contributed by atoms with van der Waals surface area (Å²) in [6.45, 7) is 9.13. The fourth-order valence-electron chi connectivity index (χ4n) is 2.34. The lowest BCUT2D eigenvalue weighted by atomic mass is 10.1. The first-order valence-electron chi connectivity index (χ1n) is 7.84. The monoisotopic (exact) mass is 407 g/mol. The highest BCUT2D eigenvalue weighted by atomic mass is 79.9. The van der Waals surface area contributed by atoms with Gasteiger partial charge in [0.05, 0.1) is 6.61 Å². The molecule has 0 bridgehead atoms. The van der Waals surface area contributed by atoms with Gasteiger partial charge in [0, 0.05) is 15.7 Å². The van der Waals surface area contributed by atoms with Crippen LogP contribution in [-0.4, -0.2) is 11.8 Å². The first-order valence-corrected chi connectivity index (χ1v) is 9.04. The molecule has 3 nitrogen and oxygen atoms in total. The van der Waals surface area contributed by atoms with Gasteiger partial charge in [0.2, 0.25) is 0 Å². The summed E-state index contributed by atoms with van der Waals surface area (Å²) >= 11 is 8.77. The second-order valence-corrected chi connectivity index (χ2v) is 6.83. The van der Waals surface area contributed by atoms with Crippen LogP contribution >= 0.6 is 28.1 Å². The van der Waals surface area contributed by atoms with E-state index < -0.39 is 0 Å². The number of rotatable bonds is 5. The quantitative estimate of drug-likeness (QED) is 0.645. The molecule has 2 rings (SSSR count). The minimum Gasteiger partial charge on any atom is -0.489 e. The van der Waals surface area contributed by atoms with Gasteiger partial charge < -0.3 is 14.8 Å². The molecule has 0 radical (unpaired) electrons. The van der Waals surface area contributed by atoms with Crippen LogP contribution < -0.4 is 10.1 Å². The molecule has 0 fully saturated rings. The van der Waals surface area contributed by atoms with Crippen LogP contribution in [0, 0.1) is 20.8 Å². The number of nitrogens with one attached hydrogen (secondary N) is 1. The lowest BCUT2D eigenvalue weighted by Crippen LogP contribution is -2.15. The maximum absolute atomic E-state index is 6.07. The van der Waals surface area contributed by atoms with E-state index in [0.29, 0.717) is 18.4 Å². The highest BCUT2D eigenvalue weighted by Crippen LogP contribution is 2.29. The molecule has 24 heavy (non-hydrogen) atoms. The molecule has 0 atom stereocenters. The van der Waals surface area contributed by atoms with Crippen molar-refractivity contribution in [1.82, 2.24) is 0 Å². The summed E-state index contributed by atoms with van der Waals surface area (Å²) in [5.74, 6) is 0.896. The van der Waals surface area contributed by atoms with Gasteiger partial charge in [-0.3, -0.25) is 0 Å². The Bertz CT molecular complexity index is 746. The van der Waals surface area contributed by atoms with Gasteiger partial charge in [0.25, 0.3) is 5.17 Å². The van der Waals surface area contributed by atoms with E-state index in [0.717, 1.165) is 27.0 Å². The van der Waals surface area contributed by atoms with Gasteiger partial charge in [-0.1, -0.05) is 28.1 Å².